The molecule has 0 unspecified atom stereocenters. The number of fused-ring (bicyclic) bond motifs is 1. The number of ether oxygens (including phenoxy) is 4. The number of rotatable bonds is 11. The van der Waals surface area contributed by atoms with Crippen LogP contribution in [0.1, 0.15) is 50.4 Å². The minimum Gasteiger partial charge on any atom is -0.493 e. The molecule has 0 amide bonds. The van der Waals surface area contributed by atoms with Crippen LogP contribution in [0.3, 0.4) is 0 Å². The fourth-order valence-electron chi connectivity index (χ4n) is 5.13. The number of non-ortho nitro benzene ring substituents is 1. The highest BCUT2D eigenvalue weighted by molar-refractivity contribution is 7.07. The van der Waals surface area contributed by atoms with Crippen molar-refractivity contribution in [3.8, 4) is 17.2 Å². The zero-order valence-corrected chi connectivity index (χ0v) is 28.9. The van der Waals surface area contributed by atoms with Gasteiger partial charge in [0.2, 0.25) is 0 Å². The van der Waals surface area contributed by atoms with Crippen molar-refractivity contribution in [1.29, 1.82) is 0 Å². The lowest BCUT2D eigenvalue weighted by molar-refractivity contribution is -0.384. The van der Waals surface area contributed by atoms with Crippen molar-refractivity contribution in [2.45, 2.75) is 46.4 Å². The van der Waals surface area contributed by atoms with Gasteiger partial charge in [-0.15, -0.1) is 0 Å². The first kappa shape index (κ1) is 34.7. The Morgan fingerprint density at radius 3 is 2.40 bits per heavy atom. The van der Waals surface area contributed by atoms with Gasteiger partial charge in [0.15, 0.2) is 22.0 Å². The van der Waals surface area contributed by atoms with Gasteiger partial charge in [-0.3, -0.25) is 19.5 Å². The number of carbonyl (C=O) groups excluding carboxylic acids is 1. The molecule has 1 aliphatic rings. The number of halogens is 2. The fourth-order valence-corrected chi connectivity index (χ4v) is 6.79. The first-order valence-corrected chi connectivity index (χ1v) is 16.4. The molecule has 11 nitrogen and oxygen atoms in total. The summed E-state index contributed by atoms with van der Waals surface area (Å²) >= 11 is 14.3. The standard InChI is InChI=1S/C34H31Cl2N3O8S/c1-6-45-33(41)29-19(4)37-34-38(30(29)22-9-12-26(47-18(2)3)27(16-22)44-5)32(40)28(48-34)15-21-13-24(35)31(25(36)14-21)46-17-20-7-10-23(11-8-20)39(42)43/h7-16,18,30H,6,17H2,1-5H3/b28-15-/t30-/m1/s1. The molecule has 1 atom stereocenters. The summed E-state index contributed by atoms with van der Waals surface area (Å²) in [4.78, 5) is 42.8. The first-order chi connectivity index (χ1) is 22.9. The molecule has 0 N–H and O–H groups in total. The van der Waals surface area contributed by atoms with Crippen LogP contribution in [0.25, 0.3) is 6.08 Å². The average Bonchev–Trinajstić information content (AvgIpc) is 3.33. The van der Waals surface area contributed by atoms with Crippen molar-refractivity contribution in [3.63, 3.8) is 0 Å². The smallest absolute Gasteiger partial charge is 0.338 e. The van der Waals surface area contributed by atoms with Crippen molar-refractivity contribution in [2.75, 3.05) is 13.7 Å². The topological polar surface area (TPSA) is 131 Å². The van der Waals surface area contributed by atoms with Crippen LogP contribution in [0.5, 0.6) is 17.2 Å². The third-order valence-corrected chi connectivity index (χ3v) is 8.78. The molecule has 1 aromatic heterocycles. The summed E-state index contributed by atoms with van der Waals surface area (Å²) in [7, 11) is 1.52. The van der Waals surface area contributed by atoms with Crippen LogP contribution in [-0.4, -0.2) is 35.3 Å². The Labute approximate surface area is 289 Å². The SMILES string of the molecule is CCOC(=O)C1=C(C)N=c2s/c(=C\c3cc(Cl)c(OCc4ccc([N+](=O)[O-])cc4)c(Cl)c3)c(=O)n2[C@@H]1c1ccc(OC(C)C)c(OC)c1. The van der Waals surface area contributed by atoms with E-state index in [-0.39, 0.29) is 51.9 Å². The van der Waals surface area contributed by atoms with E-state index in [0.717, 1.165) is 11.3 Å². The maximum atomic E-state index is 14.1. The summed E-state index contributed by atoms with van der Waals surface area (Å²) in [5, 5.41) is 11.3. The molecule has 0 fully saturated rings. The van der Waals surface area contributed by atoms with E-state index < -0.39 is 16.9 Å². The monoisotopic (exact) mass is 711 g/mol. The van der Waals surface area contributed by atoms with E-state index in [9.17, 15) is 19.7 Å². The molecule has 1 aliphatic heterocycles. The Bertz CT molecular complexity index is 2080. The van der Waals surface area contributed by atoms with E-state index in [1.165, 1.54) is 23.8 Å². The van der Waals surface area contributed by atoms with Crippen molar-refractivity contribution in [3.05, 3.63) is 122 Å². The van der Waals surface area contributed by atoms with Gasteiger partial charge in [0.05, 0.1) is 56.6 Å². The highest BCUT2D eigenvalue weighted by atomic mass is 35.5. The van der Waals surface area contributed by atoms with Crippen molar-refractivity contribution >= 4 is 52.3 Å². The summed E-state index contributed by atoms with van der Waals surface area (Å²) in [5.41, 5.74) is 2.07. The number of nitro benzene ring substituents is 1. The molecule has 5 rings (SSSR count). The molecule has 4 aromatic rings. The number of carbonyl (C=O) groups is 1. The number of hydrogen-bond acceptors (Lipinski definition) is 10. The minimum absolute atomic E-state index is 0.0306. The lowest BCUT2D eigenvalue weighted by Gasteiger charge is -2.25. The maximum Gasteiger partial charge on any atom is 0.338 e. The van der Waals surface area contributed by atoms with Crippen LogP contribution >= 0.6 is 34.5 Å². The van der Waals surface area contributed by atoms with Crippen molar-refractivity contribution in [1.82, 2.24) is 4.57 Å². The molecule has 0 aliphatic carbocycles. The largest absolute Gasteiger partial charge is 0.493 e. The normalized spacial score (nSPS) is 14.4. The van der Waals surface area contributed by atoms with Crippen LogP contribution in [0, 0.1) is 10.1 Å². The zero-order valence-electron chi connectivity index (χ0n) is 26.6. The lowest BCUT2D eigenvalue weighted by Crippen LogP contribution is -2.40. The quantitative estimate of drug-likeness (QED) is 0.0994. The molecule has 0 saturated carbocycles. The van der Waals surface area contributed by atoms with Gasteiger partial charge in [-0.1, -0.05) is 40.6 Å². The van der Waals surface area contributed by atoms with Crippen LogP contribution < -0.4 is 29.1 Å². The van der Waals surface area contributed by atoms with Gasteiger partial charge in [-0.2, -0.15) is 0 Å². The zero-order chi connectivity index (χ0) is 34.7. The number of benzene rings is 3. The second kappa shape index (κ2) is 14.6. The van der Waals surface area contributed by atoms with Crippen molar-refractivity contribution in [2.24, 2.45) is 4.99 Å². The van der Waals surface area contributed by atoms with E-state index in [4.69, 9.17) is 42.1 Å². The number of nitro groups is 1. The molecule has 48 heavy (non-hydrogen) atoms. The van der Waals surface area contributed by atoms with Gasteiger partial charge in [0.25, 0.3) is 11.2 Å². The van der Waals surface area contributed by atoms with E-state index in [1.807, 2.05) is 13.8 Å². The summed E-state index contributed by atoms with van der Waals surface area (Å²) < 4.78 is 24.5. The number of methoxy groups -OCH3 is 1. The third kappa shape index (κ3) is 7.25. The predicted molar refractivity (Wildman–Crippen MR) is 183 cm³/mol. The van der Waals surface area contributed by atoms with Crippen LogP contribution in [0.4, 0.5) is 5.69 Å². The first-order valence-electron chi connectivity index (χ1n) is 14.8. The van der Waals surface area contributed by atoms with Gasteiger partial charge >= 0.3 is 5.97 Å². The van der Waals surface area contributed by atoms with E-state index in [0.29, 0.717) is 43.2 Å². The van der Waals surface area contributed by atoms with Gasteiger partial charge in [0.1, 0.15) is 6.61 Å². The Hall–Kier alpha value is -4.65. The van der Waals surface area contributed by atoms with Gasteiger partial charge in [-0.05, 0) is 86.9 Å². The van der Waals surface area contributed by atoms with Gasteiger partial charge in [-0.25, -0.2) is 9.79 Å². The molecule has 0 radical (unpaired) electrons. The Kier molecular flexibility index (Phi) is 10.6. The molecule has 0 saturated heterocycles. The third-order valence-electron chi connectivity index (χ3n) is 7.23. The number of esters is 1. The number of nitrogens with zero attached hydrogens (tertiary/aromatic N) is 3. The highest BCUT2D eigenvalue weighted by Gasteiger charge is 2.34. The molecule has 2 heterocycles. The van der Waals surface area contributed by atoms with E-state index in [1.54, 1.807) is 62.4 Å². The summed E-state index contributed by atoms with van der Waals surface area (Å²) in [5.74, 6) is 0.614. The van der Waals surface area contributed by atoms with Crippen LogP contribution in [-0.2, 0) is 16.1 Å². The second-order valence-electron chi connectivity index (χ2n) is 10.9. The molecule has 250 valence electrons. The molecule has 0 spiro atoms. The second-order valence-corrected chi connectivity index (χ2v) is 12.7. The van der Waals surface area contributed by atoms with Crippen LogP contribution in [0.2, 0.25) is 10.0 Å². The number of thiazole rings is 1. The average molecular weight is 713 g/mol. The molecule has 0 bridgehead atoms. The van der Waals surface area contributed by atoms with Gasteiger partial charge < -0.3 is 18.9 Å². The number of aromatic nitrogens is 1. The Balaban J connectivity index is 1.54. The van der Waals surface area contributed by atoms with E-state index in [2.05, 4.69) is 4.99 Å². The number of hydrogen-bond donors (Lipinski definition) is 0. The Morgan fingerprint density at radius 1 is 1.10 bits per heavy atom. The highest BCUT2D eigenvalue weighted by Crippen LogP contribution is 2.37. The Morgan fingerprint density at radius 2 is 1.79 bits per heavy atom. The van der Waals surface area contributed by atoms with Crippen LogP contribution in [0.15, 0.2) is 75.7 Å². The molecular formula is C34H31Cl2N3O8S. The molecule has 14 heteroatoms. The minimum atomic E-state index is -0.855. The van der Waals surface area contributed by atoms with Crippen molar-refractivity contribution < 1.29 is 28.7 Å². The summed E-state index contributed by atoms with van der Waals surface area (Å²) in [6.45, 7) is 7.44. The molecular weight excluding hydrogens is 681 g/mol. The lowest BCUT2D eigenvalue weighted by atomic mass is 9.95. The number of allylic oxidation sites excluding steroid dienone is 1. The van der Waals surface area contributed by atoms with E-state index >= 15 is 0 Å². The maximum absolute atomic E-state index is 14.1. The summed E-state index contributed by atoms with van der Waals surface area (Å²) in [6, 6.07) is 13.6. The fraction of sp³-hybridized carbons (Fsp3) is 0.265. The van der Waals surface area contributed by atoms with Gasteiger partial charge in [0, 0.05) is 12.1 Å². The predicted octanol–water partition coefficient (Wildman–Crippen LogP) is 6.39. The summed E-state index contributed by atoms with van der Waals surface area (Å²) in [6.07, 6.45) is 1.54. The molecule has 3 aromatic carbocycles.